The average Bonchev–Trinajstić information content (AvgIpc) is 2.75. The van der Waals surface area contributed by atoms with E-state index in [0.29, 0.717) is 18.8 Å². The van der Waals surface area contributed by atoms with Gasteiger partial charge < -0.3 is 15.8 Å². The molecule has 1 fully saturated rings. The first kappa shape index (κ1) is 21.8. The Hall–Kier alpha value is -2.91. The maximum absolute atomic E-state index is 13.1. The number of hydrogen-bond donors (Lipinski definition) is 2. The van der Waals surface area contributed by atoms with Gasteiger partial charge in [-0.1, -0.05) is 18.6 Å². The zero-order valence-electron chi connectivity index (χ0n) is 16.8. The van der Waals surface area contributed by atoms with Crippen LogP contribution in [0.2, 0.25) is 0 Å². The Morgan fingerprint density at radius 3 is 2.33 bits per heavy atom. The number of methoxy groups -OCH3 is 1. The summed E-state index contributed by atoms with van der Waals surface area (Å²) < 4.78 is 32.9. The summed E-state index contributed by atoms with van der Waals surface area (Å²) in [6, 6.07) is 11.1. The minimum Gasteiger partial charge on any atom is -0.495 e. The zero-order chi connectivity index (χ0) is 21.7. The molecule has 3 N–H and O–H groups in total. The molecule has 0 radical (unpaired) electrons. The SMILES string of the molecule is COc1ccc(C(=O)Nc2ccc(CC(N)=O)cc2)cc1S(=O)(=O)N1CCCCC1. The van der Waals surface area contributed by atoms with Gasteiger partial charge >= 0.3 is 0 Å². The van der Waals surface area contributed by atoms with E-state index in [4.69, 9.17) is 10.5 Å². The van der Waals surface area contributed by atoms with Gasteiger partial charge in [0.25, 0.3) is 5.91 Å². The number of anilines is 1. The molecule has 2 amide bonds. The number of carbonyl (C=O) groups excluding carboxylic acids is 2. The molecule has 1 aliphatic rings. The number of piperidine rings is 1. The molecule has 1 saturated heterocycles. The zero-order valence-corrected chi connectivity index (χ0v) is 17.6. The van der Waals surface area contributed by atoms with E-state index in [1.165, 1.54) is 29.6 Å². The van der Waals surface area contributed by atoms with Crippen LogP contribution in [-0.4, -0.2) is 44.7 Å². The summed E-state index contributed by atoms with van der Waals surface area (Å²) in [4.78, 5) is 23.7. The van der Waals surface area contributed by atoms with Crippen molar-refractivity contribution in [2.75, 3.05) is 25.5 Å². The Balaban J connectivity index is 1.83. The van der Waals surface area contributed by atoms with Gasteiger partial charge in [-0.05, 0) is 48.7 Å². The van der Waals surface area contributed by atoms with Crippen LogP contribution < -0.4 is 15.8 Å². The van der Waals surface area contributed by atoms with Gasteiger partial charge in [-0.3, -0.25) is 9.59 Å². The summed E-state index contributed by atoms with van der Waals surface area (Å²) in [5.41, 5.74) is 6.63. The molecule has 0 spiro atoms. The molecule has 0 saturated carbocycles. The molecule has 0 unspecified atom stereocenters. The molecule has 2 aromatic rings. The van der Waals surface area contributed by atoms with Gasteiger partial charge in [0.15, 0.2) is 0 Å². The van der Waals surface area contributed by atoms with E-state index < -0.39 is 21.8 Å². The van der Waals surface area contributed by atoms with Gasteiger partial charge in [0.2, 0.25) is 15.9 Å². The Morgan fingerprint density at radius 1 is 1.07 bits per heavy atom. The molecule has 0 aromatic heterocycles. The van der Waals surface area contributed by atoms with Crippen LogP contribution in [-0.2, 0) is 21.2 Å². The standard InChI is InChI=1S/C21H25N3O5S/c1-29-18-10-7-16(14-19(18)30(27,28)24-11-3-2-4-12-24)21(26)23-17-8-5-15(6-9-17)13-20(22)25/h5-10,14H,2-4,11-13H2,1H3,(H2,22,25)(H,23,26). The predicted octanol–water partition coefficient (Wildman–Crippen LogP) is 2.15. The number of benzene rings is 2. The third kappa shape index (κ3) is 4.98. The minimum atomic E-state index is -3.77. The molecule has 160 valence electrons. The van der Waals surface area contributed by atoms with Crippen LogP contribution >= 0.6 is 0 Å². The van der Waals surface area contributed by atoms with Crippen molar-refractivity contribution in [2.24, 2.45) is 5.73 Å². The summed E-state index contributed by atoms with van der Waals surface area (Å²) in [5, 5.41) is 2.73. The van der Waals surface area contributed by atoms with E-state index >= 15 is 0 Å². The average molecular weight is 432 g/mol. The summed E-state index contributed by atoms with van der Waals surface area (Å²) in [6.07, 6.45) is 2.75. The number of nitrogens with one attached hydrogen (secondary N) is 1. The number of nitrogens with zero attached hydrogens (tertiary/aromatic N) is 1. The van der Waals surface area contributed by atoms with E-state index in [2.05, 4.69) is 5.32 Å². The first-order valence-corrected chi connectivity index (χ1v) is 11.1. The smallest absolute Gasteiger partial charge is 0.255 e. The lowest BCUT2D eigenvalue weighted by Gasteiger charge is -2.26. The van der Waals surface area contributed by atoms with Gasteiger partial charge in [-0.15, -0.1) is 0 Å². The molecule has 8 nitrogen and oxygen atoms in total. The molecule has 30 heavy (non-hydrogen) atoms. The molecular weight excluding hydrogens is 406 g/mol. The number of sulfonamides is 1. The lowest BCUT2D eigenvalue weighted by Crippen LogP contribution is -2.35. The van der Waals surface area contributed by atoms with Gasteiger partial charge in [-0.25, -0.2) is 8.42 Å². The van der Waals surface area contributed by atoms with Crippen molar-refractivity contribution in [3.8, 4) is 5.75 Å². The van der Waals surface area contributed by atoms with Crippen LogP contribution in [0, 0.1) is 0 Å². The van der Waals surface area contributed by atoms with Crippen LogP contribution in [0.15, 0.2) is 47.4 Å². The summed E-state index contributed by atoms with van der Waals surface area (Å²) >= 11 is 0. The van der Waals surface area contributed by atoms with Crippen LogP contribution in [0.5, 0.6) is 5.75 Å². The molecule has 0 bridgehead atoms. The van der Waals surface area contributed by atoms with Crippen molar-refractivity contribution in [3.05, 3.63) is 53.6 Å². The van der Waals surface area contributed by atoms with Crippen molar-refractivity contribution in [3.63, 3.8) is 0 Å². The van der Waals surface area contributed by atoms with Crippen molar-refractivity contribution >= 4 is 27.5 Å². The van der Waals surface area contributed by atoms with Crippen molar-refractivity contribution in [1.29, 1.82) is 0 Å². The maximum Gasteiger partial charge on any atom is 0.255 e. The Morgan fingerprint density at radius 2 is 1.73 bits per heavy atom. The molecule has 9 heteroatoms. The highest BCUT2D eigenvalue weighted by Gasteiger charge is 2.29. The monoisotopic (exact) mass is 431 g/mol. The summed E-state index contributed by atoms with van der Waals surface area (Å²) in [6.45, 7) is 0.916. The number of amides is 2. The number of ether oxygens (including phenoxy) is 1. The first-order valence-electron chi connectivity index (χ1n) is 9.68. The molecule has 1 aliphatic heterocycles. The van der Waals surface area contributed by atoms with Crippen LogP contribution in [0.4, 0.5) is 5.69 Å². The van der Waals surface area contributed by atoms with Crippen molar-refractivity contribution < 1.29 is 22.7 Å². The van der Waals surface area contributed by atoms with Crippen molar-refractivity contribution in [2.45, 2.75) is 30.6 Å². The summed E-state index contributed by atoms with van der Waals surface area (Å²) in [7, 11) is -2.37. The lowest BCUT2D eigenvalue weighted by molar-refractivity contribution is -0.117. The number of rotatable bonds is 7. The Labute approximate surface area is 176 Å². The number of primary amides is 1. The number of hydrogen-bond acceptors (Lipinski definition) is 5. The molecule has 1 heterocycles. The molecule has 2 aromatic carbocycles. The second-order valence-electron chi connectivity index (χ2n) is 7.12. The molecule has 0 atom stereocenters. The summed E-state index contributed by atoms with van der Waals surface area (Å²) in [5.74, 6) is -0.684. The van der Waals surface area contributed by atoms with E-state index in [1.807, 2.05) is 0 Å². The van der Waals surface area contributed by atoms with Crippen LogP contribution in [0.1, 0.15) is 35.2 Å². The van der Waals surface area contributed by atoms with E-state index in [-0.39, 0.29) is 22.6 Å². The van der Waals surface area contributed by atoms with Gasteiger partial charge in [-0.2, -0.15) is 4.31 Å². The predicted molar refractivity (Wildman–Crippen MR) is 113 cm³/mol. The topological polar surface area (TPSA) is 119 Å². The normalized spacial score (nSPS) is 14.8. The molecule has 0 aliphatic carbocycles. The fourth-order valence-electron chi connectivity index (χ4n) is 3.37. The number of carbonyl (C=O) groups is 2. The molecule has 3 rings (SSSR count). The largest absolute Gasteiger partial charge is 0.495 e. The highest BCUT2D eigenvalue weighted by Crippen LogP contribution is 2.30. The lowest BCUT2D eigenvalue weighted by atomic mass is 10.1. The third-order valence-electron chi connectivity index (χ3n) is 4.95. The first-order chi connectivity index (χ1) is 14.3. The second kappa shape index (κ2) is 9.27. The van der Waals surface area contributed by atoms with E-state index in [9.17, 15) is 18.0 Å². The highest BCUT2D eigenvalue weighted by molar-refractivity contribution is 7.89. The minimum absolute atomic E-state index is 0.0173. The van der Waals surface area contributed by atoms with Gasteiger partial charge in [0.1, 0.15) is 10.6 Å². The van der Waals surface area contributed by atoms with Crippen LogP contribution in [0.3, 0.4) is 0 Å². The van der Waals surface area contributed by atoms with Gasteiger partial charge in [0, 0.05) is 24.3 Å². The molecular formula is C21H25N3O5S. The maximum atomic E-state index is 13.1. The second-order valence-corrected chi connectivity index (χ2v) is 9.03. The van der Waals surface area contributed by atoms with Crippen molar-refractivity contribution in [1.82, 2.24) is 4.31 Å². The highest BCUT2D eigenvalue weighted by atomic mass is 32.2. The van der Waals surface area contributed by atoms with E-state index in [1.54, 1.807) is 24.3 Å². The Kier molecular flexibility index (Phi) is 6.73. The Bertz CT molecular complexity index is 1030. The fraction of sp³-hybridized carbons (Fsp3) is 0.333. The van der Waals surface area contributed by atoms with E-state index in [0.717, 1.165) is 24.8 Å². The van der Waals surface area contributed by atoms with Gasteiger partial charge in [0.05, 0.1) is 13.5 Å². The quantitative estimate of drug-likeness (QED) is 0.696. The third-order valence-corrected chi connectivity index (χ3v) is 6.87. The fourth-order valence-corrected chi connectivity index (χ4v) is 5.07. The van der Waals surface area contributed by atoms with Crippen LogP contribution in [0.25, 0.3) is 0 Å². The number of nitrogens with two attached hydrogens (primary N) is 1.